The minimum Gasteiger partial charge on any atom is -0.508 e. The van der Waals surface area contributed by atoms with Crippen molar-refractivity contribution >= 4 is 34.2 Å². The van der Waals surface area contributed by atoms with E-state index in [0.717, 1.165) is 0 Å². The normalized spacial score (nSPS) is 15.4. The van der Waals surface area contributed by atoms with Gasteiger partial charge in [-0.3, -0.25) is 14.5 Å². The van der Waals surface area contributed by atoms with Crippen LogP contribution in [0.4, 0.5) is 5.69 Å². The molecule has 7 heteroatoms. The van der Waals surface area contributed by atoms with Crippen molar-refractivity contribution in [3.05, 3.63) is 98.9 Å². The molecule has 2 heterocycles. The first kappa shape index (κ1) is 19.2. The molecule has 1 N–H and O–H groups in total. The van der Waals surface area contributed by atoms with Gasteiger partial charge in [-0.15, -0.1) is 0 Å². The quantitative estimate of drug-likeness (QED) is 0.496. The van der Waals surface area contributed by atoms with Gasteiger partial charge in [-0.2, -0.15) is 0 Å². The Balaban J connectivity index is 1.80. The van der Waals surface area contributed by atoms with Crippen LogP contribution in [0.15, 0.2) is 75.9 Å². The summed E-state index contributed by atoms with van der Waals surface area (Å²) in [6, 6.07) is 17.4. The number of carbonyl (C=O) groups excluding carboxylic acids is 1. The lowest BCUT2D eigenvalue weighted by atomic mass is 9.98. The summed E-state index contributed by atoms with van der Waals surface area (Å²) in [5.74, 6) is -0.00359. The van der Waals surface area contributed by atoms with Crippen LogP contribution in [0.5, 0.6) is 11.5 Å². The predicted octanol–water partition coefficient (Wildman–Crippen LogP) is 4.91. The number of nitrogens with zero attached hydrogens (tertiary/aromatic N) is 1. The van der Waals surface area contributed by atoms with E-state index in [1.165, 1.54) is 24.1 Å². The molecule has 5 rings (SSSR count). The topological polar surface area (TPSA) is 80.0 Å². The van der Waals surface area contributed by atoms with E-state index in [0.29, 0.717) is 33.0 Å². The number of para-hydroxylation sites is 1. The fourth-order valence-electron chi connectivity index (χ4n) is 4.00. The zero-order valence-corrected chi connectivity index (χ0v) is 17.1. The monoisotopic (exact) mass is 433 g/mol. The first-order valence-electron chi connectivity index (χ1n) is 9.51. The first-order valence-corrected chi connectivity index (χ1v) is 9.89. The number of fused-ring (bicyclic) bond motifs is 2. The lowest BCUT2D eigenvalue weighted by Gasteiger charge is -2.25. The first-order chi connectivity index (χ1) is 15.0. The van der Waals surface area contributed by atoms with Crippen LogP contribution in [-0.4, -0.2) is 18.1 Å². The molecule has 6 nitrogen and oxygen atoms in total. The highest BCUT2D eigenvalue weighted by Gasteiger charge is 2.43. The number of hydrogen-bond donors (Lipinski definition) is 1. The van der Waals surface area contributed by atoms with Crippen LogP contribution in [0.1, 0.15) is 27.7 Å². The highest BCUT2D eigenvalue weighted by molar-refractivity contribution is 6.32. The third-order valence-corrected chi connectivity index (χ3v) is 5.67. The van der Waals surface area contributed by atoms with Gasteiger partial charge in [0.25, 0.3) is 5.91 Å². The van der Waals surface area contributed by atoms with Gasteiger partial charge in [-0.1, -0.05) is 35.9 Å². The molecule has 1 unspecified atom stereocenters. The molecule has 0 aliphatic carbocycles. The number of phenolic OH excluding ortho intramolecular Hbond substituents is 1. The van der Waals surface area contributed by atoms with Crippen molar-refractivity contribution in [2.45, 2.75) is 6.04 Å². The maximum atomic E-state index is 13.5. The van der Waals surface area contributed by atoms with Crippen molar-refractivity contribution in [3.8, 4) is 11.5 Å². The highest BCUT2D eigenvalue weighted by Crippen LogP contribution is 2.43. The second-order valence-corrected chi connectivity index (χ2v) is 7.57. The smallest absolute Gasteiger partial charge is 0.295 e. The zero-order valence-electron chi connectivity index (χ0n) is 16.3. The largest absolute Gasteiger partial charge is 0.508 e. The van der Waals surface area contributed by atoms with E-state index >= 15 is 0 Å². The third-order valence-electron chi connectivity index (χ3n) is 5.38. The number of halogens is 1. The summed E-state index contributed by atoms with van der Waals surface area (Å²) in [5, 5.41) is 10.8. The van der Waals surface area contributed by atoms with Crippen molar-refractivity contribution in [1.29, 1.82) is 0 Å². The summed E-state index contributed by atoms with van der Waals surface area (Å²) in [7, 11) is 1.50. The average molecular weight is 434 g/mol. The molecule has 1 aromatic heterocycles. The fourth-order valence-corrected chi connectivity index (χ4v) is 4.25. The second-order valence-electron chi connectivity index (χ2n) is 7.16. The fraction of sp³-hybridized carbons (Fsp3) is 0.0833. The summed E-state index contributed by atoms with van der Waals surface area (Å²) in [5.41, 5.74) is 1.31. The van der Waals surface area contributed by atoms with Crippen LogP contribution in [0.25, 0.3) is 11.0 Å². The highest BCUT2D eigenvalue weighted by atomic mass is 35.5. The molecule has 1 amide bonds. The van der Waals surface area contributed by atoms with Crippen molar-refractivity contribution in [1.82, 2.24) is 0 Å². The summed E-state index contributed by atoms with van der Waals surface area (Å²) in [4.78, 5) is 28.4. The molecule has 0 radical (unpaired) electrons. The van der Waals surface area contributed by atoms with Crippen LogP contribution in [0.2, 0.25) is 5.02 Å². The van der Waals surface area contributed by atoms with Gasteiger partial charge in [0.15, 0.2) is 5.43 Å². The summed E-state index contributed by atoms with van der Waals surface area (Å²) < 4.78 is 11.1. The molecule has 4 aromatic rings. The minimum absolute atomic E-state index is 0.0241. The number of hydrogen-bond acceptors (Lipinski definition) is 5. The van der Waals surface area contributed by atoms with Crippen molar-refractivity contribution < 1.29 is 19.1 Å². The molecule has 154 valence electrons. The van der Waals surface area contributed by atoms with Crippen molar-refractivity contribution in [2.75, 3.05) is 12.0 Å². The number of carbonyl (C=O) groups is 1. The van der Waals surface area contributed by atoms with Crippen molar-refractivity contribution in [3.63, 3.8) is 0 Å². The average Bonchev–Trinajstić information content (AvgIpc) is 3.06. The molecule has 0 fully saturated rings. The molecule has 0 spiro atoms. The number of ether oxygens (including phenoxy) is 1. The van der Waals surface area contributed by atoms with Crippen LogP contribution in [0, 0.1) is 0 Å². The van der Waals surface area contributed by atoms with E-state index in [1.807, 2.05) is 0 Å². The summed E-state index contributed by atoms with van der Waals surface area (Å²) in [6.45, 7) is 0. The van der Waals surface area contributed by atoms with Gasteiger partial charge in [0.05, 0.1) is 29.1 Å². The number of aromatic hydroxyl groups is 1. The van der Waals surface area contributed by atoms with E-state index in [4.69, 9.17) is 20.8 Å². The Bertz CT molecular complexity index is 1410. The molecule has 1 aliphatic rings. The number of anilines is 1. The molecule has 31 heavy (non-hydrogen) atoms. The van der Waals surface area contributed by atoms with Crippen LogP contribution >= 0.6 is 11.6 Å². The number of benzene rings is 3. The molecule has 0 saturated carbocycles. The lowest BCUT2D eigenvalue weighted by molar-refractivity contribution is 0.0971. The van der Waals surface area contributed by atoms with Gasteiger partial charge in [0, 0.05) is 5.69 Å². The number of amides is 1. The van der Waals surface area contributed by atoms with Gasteiger partial charge in [0.2, 0.25) is 5.76 Å². The van der Waals surface area contributed by atoms with E-state index in [1.54, 1.807) is 54.6 Å². The standard InChI is InChI=1S/C24H16ClNO5/c1-30-19-10-9-14(12-17(19)25)26-21(13-5-4-6-15(27)11-13)20-22(28)16-7-2-3-8-18(16)31-23(20)24(26)29/h2-12,21,27H,1H3. The number of phenols is 1. The lowest BCUT2D eigenvalue weighted by Crippen LogP contribution is -2.29. The van der Waals surface area contributed by atoms with Gasteiger partial charge in [0.1, 0.15) is 17.1 Å². The number of rotatable bonds is 3. The van der Waals surface area contributed by atoms with Crippen LogP contribution in [-0.2, 0) is 0 Å². The maximum Gasteiger partial charge on any atom is 0.295 e. The van der Waals surface area contributed by atoms with Crippen LogP contribution in [0.3, 0.4) is 0 Å². The van der Waals surface area contributed by atoms with Gasteiger partial charge in [-0.05, 0) is 48.0 Å². The Hall–Kier alpha value is -3.77. The Morgan fingerprint density at radius 1 is 1.03 bits per heavy atom. The third kappa shape index (κ3) is 2.95. The Kier molecular flexibility index (Phi) is 4.45. The Morgan fingerprint density at radius 3 is 2.58 bits per heavy atom. The predicted molar refractivity (Wildman–Crippen MR) is 117 cm³/mol. The molecule has 0 saturated heterocycles. The summed E-state index contributed by atoms with van der Waals surface area (Å²) >= 11 is 6.31. The van der Waals surface area contributed by atoms with E-state index in [9.17, 15) is 14.7 Å². The molecule has 1 atom stereocenters. The molecular formula is C24H16ClNO5. The Morgan fingerprint density at radius 2 is 1.84 bits per heavy atom. The molecule has 3 aromatic carbocycles. The summed E-state index contributed by atoms with van der Waals surface area (Å²) in [6.07, 6.45) is 0. The van der Waals surface area contributed by atoms with E-state index < -0.39 is 11.9 Å². The van der Waals surface area contributed by atoms with Gasteiger partial charge in [-0.25, -0.2) is 0 Å². The molecule has 0 bridgehead atoms. The van der Waals surface area contributed by atoms with Gasteiger partial charge < -0.3 is 14.3 Å². The minimum atomic E-state index is -0.792. The Labute approximate surface area is 181 Å². The van der Waals surface area contributed by atoms with Gasteiger partial charge >= 0.3 is 0 Å². The SMILES string of the molecule is COc1ccc(N2C(=O)c3oc4ccccc4c(=O)c3C2c2cccc(O)c2)cc1Cl. The van der Waals surface area contributed by atoms with Crippen LogP contribution < -0.4 is 15.1 Å². The second kappa shape index (κ2) is 7.18. The maximum absolute atomic E-state index is 13.5. The van der Waals surface area contributed by atoms with E-state index in [2.05, 4.69) is 0 Å². The zero-order chi connectivity index (χ0) is 21.7. The number of methoxy groups -OCH3 is 1. The van der Waals surface area contributed by atoms with Crippen molar-refractivity contribution in [2.24, 2.45) is 0 Å². The van der Waals surface area contributed by atoms with E-state index in [-0.39, 0.29) is 22.5 Å². The molecular weight excluding hydrogens is 418 g/mol. The molecule has 1 aliphatic heterocycles.